The van der Waals surface area contributed by atoms with Crippen molar-refractivity contribution in [1.29, 1.82) is 0 Å². The second-order valence-electron chi connectivity index (χ2n) is 3.43. The van der Waals surface area contributed by atoms with Gasteiger partial charge in [-0.3, -0.25) is 14.7 Å². The van der Waals surface area contributed by atoms with Crippen molar-refractivity contribution in [2.24, 2.45) is 5.92 Å². The van der Waals surface area contributed by atoms with Crippen LogP contribution in [-0.2, 0) is 4.79 Å². The lowest BCUT2D eigenvalue weighted by molar-refractivity contribution is -0.117. The van der Waals surface area contributed by atoms with E-state index in [0.717, 1.165) is 0 Å². The van der Waals surface area contributed by atoms with Crippen LogP contribution >= 0.6 is 23.2 Å². The summed E-state index contributed by atoms with van der Waals surface area (Å²) in [6.45, 7) is 0.595. The van der Waals surface area contributed by atoms with Crippen molar-refractivity contribution >= 4 is 34.9 Å². The van der Waals surface area contributed by atoms with Crippen molar-refractivity contribution in [3.63, 3.8) is 0 Å². The standard InChI is InChI=1S/C9H9Cl2N3O/c10-2-6-1-9(15)14(5-6)8-4-12-3-7(11)13-8/h3-4,6H,1-2,5H2. The molecule has 1 aromatic heterocycles. The highest BCUT2D eigenvalue weighted by Gasteiger charge is 2.30. The highest BCUT2D eigenvalue weighted by molar-refractivity contribution is 6.29. The Morgan fingerprint density at radius 1 is 1.53 bits per heavy atom. The fourth-order valence-corrected chi connectivity index (χ4v) is 1.92. The van der Waals surface area contributed by atoms with Crippen LogP contribution in [0.2, 0.25) is 5.15 Å². The van der Waals surface area contributed by atoms with Gasteiger partial charge in [0.25, 0.3) is 0 Å². The van der Waals surface area contributed by atoms with E-state index < -0.39 is 0 Å². The normalized spacial score (nSPS) is 21.1. The molecule has 0 aliphatic carbocycles. The van der Waals surface area contributed by atoms with Gasteiger partial charge in [-0.05, 0) is 5.92 Å². The number of carbonyl (C=O) groups is 1. The Morgan fingerprint density at radius 3 is 2.93 bits per heavy atom. The third kappa shape index (κ3) is 2.21. The number of anilines is 1. The number of alkyl halides is 1. The molecule has 0 aromatic carbocycles. The molecule has 15 heavy (non-hydrogen) atoms. The molecule has 2 rings (SSSR count). The molecule has 1 saturated heterocycles. The summed E-state index contributed by atoms with van der Waals surface area (Å²) in [5, 5.41) is 0.287. The van der Waals surface area contributed by atoms with Crippen molar-refractivity contribution < 1.29 is 4.79 Å². The number of halogens is 2. The van der Waals surface area contributed by atoms with Crippen LogP contribution in [0.5, 0.6) is 0 Å². The lowest BCUT2D eigenvalue weighted by atomic mass is 10.2. The first-order valence-corrected chi connectivity index (χ1v) is 5.46. The Kier molecular flexibility index (Phi) is 3.07. The monoisotopic (exact) mass is 245 g/mol. The molecule has 1 unspecified atom stereocenters. The van der Waals surface area contributed by atoms with Gasteiger partial charge in [0.1, 0.15) is 5.15 Å². The van der Waals surface area contributed by atoms with Gasteiger partial charge in [0.15, 0.2) is 5.82 Å². The number of aromatic nitrogens is 2. The average Bonchev–Trinajstić information content (AvgIpc) is 2.60. The van der Waals surface area contributed by atoms with E-state index in [2.05, 4.69) is 9.97 Å². The minimum atomic E-state index is 0.0252. The van der Waals surface area contributed by atoms with Crippen LogP contribution in [0.3, 0.4) is 0 Å². The molecule has 80 valence electrons. The molecule has 0 radical (unpaired) electrons. The molecule has 0 saturated carbocycles. The van der Waals surface area contributed by atoms with Crippen LogP contribution in [-0.4, -0.2) is 28.3 Å². The quantitative estimate of drug-likeness (QED) is 0.746. The van der Waals surface area contributed by atoms with Crippen LogP contribution in [0.1, 0.15) is 6.42 Å². The van der Waals surface area contributed by atoms with E-state index in [1.807, 2.05) is 0 Å². The first-order chi connectivity index (χ1) is 7.20. The minimum absolute atomic E-state index is 0.0252. The second kappa shape index (κ2) is 4.33. The molecule has 0 bridgehead atoms. The van der Waals surface area contributed by atoms with E-state index >= 15 is 0 Å². The van der Waals surface area contributed by atoms with Gasteiger partial charge in [0.2, 0.25) is 5.91 Å². The summed E-state index contributed by atoms with van der Waals surface area (Å²) >= 11 is 11.4. The summed E-state index contributed by atoms with van der Waals surface area (Å²) < 4.78 is 0. The van der Waals surface area contributed by atoms with Gasteiger partial charge in [-0.1, -0.05) is 11.6 Å². The molecule has 6 heteroatoms. The van der Waals surface area contributed by atoms with Crippen LogP contribution in [0.4, 0.5) is 5.82 Å². The first kappa shape index (κ1) is 10.6. The average molecular weight is 246 g/mol. The van der Waals surface area contributed by atoms with Gasteiger partial charge < -0.3 is 0 Å². The molecule has 1 atom stereocenters. The molecule has 1 fully saturated rings. The third-order valence-electron chi connectivity index (χ3n) is 2.29. The van der Waals surface area contributed by atoms with Gasteiger partial charge >= 0.3 is 0 Å². The van der Waals surface area contributed by atoms with E-state index in [4.69, 9.17) is 23.2 Å². The summed E-state index contributed by atoms with van der Waals surface area (Å²) in [5.74, 6) is 1.20. The Balaban J connectivity index is 2.21. The van der Waals surface area contributed by atoms with Crippen molar-refractivity contribution in [3.05, 3.63) is 17.5 Å². The van der Waals surface area contributed by atoms with E-state index in [-0.39, 0.29) is 17.0 Å². The van der Waals surface area contributed by atoms with Gasteiger partial charge in [0, 0.05) is 18.8 Å². The maximum absolute atomic E-state index is 11.6. The van der Waals surface area contributed by atoms with Gasteiger partial charge in [-0.25, -0.2) is 4.98 Å². The second-order valence-corrected chi connectivity index (χ2v) is 4.12. The number of hydrogen-bond acceptors (Lipinski definition) is 3. The molecule has 1 amide bonds. The van der Waals surface area contributed by atoms with Crippen molar-refractivity contribution in [2.75, 3.05) is 17.3 Å². The fraction of sp³-hybridized carbons (Fsp3) is 0.444. The third-order valence-corrected chi connectivity index (χ3v) is 2.91. The van der Waals surface area contributed by atoms with Crippen molar-refractivity contribution in [3.8, 4) is 0 Å². The summed E-state index contributed by atoms with van der Waals surface area (Å²) in [6.07, 6.45) is 3.43. The number of nitrogens with zero attached hydrogens (tertiary/aromatic N) is 3. The fourth-order valence-electron chi connectivity index (χ4n) is 1.57. The zero-order chi connectivity index (χ0) is 10.8. The number of amides is 1. The zero-order valence-electron chi connectivity index (χ0n) is 7.86. The summed E-state index contributed by atoms with van der Waals surface area (Å²) in [4.78, 5) is 21.1. The molecule has 4 nitrogen and oxygen atoms in total. The van der Waals surface area contributed by atoms with Crippen molar-refractivity contribution in [2.45, 2.75) is 6.42 Å². The lowest BCUT2D eigenvalue weighted by Crippen LogP contribution is -2.25. The van der Waals surface area contributed by atoms with Gasteiger partial charge in [-0.15, -0.1) is 11.6 Å². The van der Waals surface area contributed by atoms with Crippen LogP contribution in [0.15, 0.2) is 12.4 Å². The molecule has 0 N–H and O–H groups in total. The lowest BCUT2D eigenvalue weighted by Gasteiger charge is -2.14. The maximum atomic E-state index is 11.6. The molecule has 1 aliphatic heterocycles. The maximum Gasteiger partial charge on any atom is 0.228 e. The molecule has 2 heterocycles. The SMILES string of the molecule is O=C1CC(CCl)CN1c1cncc(Cl)n1. The van der Waals surface area contributed by atoms with Gasteiger partial charge in [-0.2, -0.15) is 0 Å². The predicted molar refractivity (Wildman–Crippen MR) is 58.2 cm³/mol. The first-order valence-electron chi connectivity index (χ1n) is 4.54. The summed E-state index contributed by atoms with van der Waals surface area (Å²) in [7, 11) is 0. The predicted octanol–water partition coefficient (Wildman–Crippen LogP) is 1.72. The summed E-state index contributed by atoms with van der Waals surface area (Å²) in [5.41, 5.74) is 0. The van der Waals surface area contributed by atoms with Gasteiger partial charge in [0.05, 0.1) is 12.4 Å². The number of rotatable bonds is 2. The van der Waals surface area contributed by atoms with Crippen LogP contribution in [0, 0.1) is 5.92 Å². The van der Waals surface area contributed by atoms with E-state index in [1.54, 1.807) is 4.90 Å². The Labute approximate surface area is 97.2 Å². The molecular weight excluding hydrogens is 237 g/mol. The molecular formula is C9H9Cl2N3O. The highest BCUT2D eigenvalue weighted by Crippen LogP contribution is 2.24. The van der Waals surface area contributed by atoms with Crippen LogP contribution < -0.4 is 4.90 Å². The Hall–Kier alpha value is -0.870. The van der Waals surface area contributed by atoms with Crippen LogP contribution in [0.25, 0.3) is 0 Å². The Bertz CT molecular complexity index is 385. The smallest absolute Gasteiger partial charge is 0.228 e. The molecule has 0 spiro atoms. The van der Waals surface area contributed by atoms with Crippen molar-refractivity contribution in [1.82, 2.24) is 9.97 Å². The summed E-state index contributed by atoms with van der Waals surface area (Å²) in [6, 6.07) is 0. The molecule has 1 aromatic rings. The largest absolute Gasteiger partial charge is 0.295 e. The van der Waals surface area contributed by atoms with E-state index in [0.29, 0.717) is 24.7 Å². The highest BCUT2D eigenvalue weighted by atomic mass is 35.5. The Morgan fingerprint density at radius 2 is 2.33 bits per heavy atom. The van der Waals surface area contributed by atoms with E-state index in [1.165, 1.54) is 12.4 Å². The number of hydrogen-bond donors (Lipinski definition) is 0. The number of carbonyl (C=O) groups excluding carboxylic acids is 1. The minimum Gasteiger partial charge on any atom is -0.295 e. The topological polar surface area (TPSA) is 46.1 Å². The van der Waals surface area contributed by atoms with E-state index in [9.17, 15) is 4.79 Å². The zero-order valence-corrected chi connectivity index (χ0v) is 9.37. The molecule has 1 aliphatic rings.